The standard InChI is InChI=1S/C19H20N4O/c24-19-16-12-15(21-13-14-6-2-1-3-7-14)9-10-17(16)22-23(19)18-8-4-5-11-20-18/h1-8,11,15,21-22H,9-10,12-13H2. The minimum Gasteiger partial charge on any atom is -0.310 e. The molecule has 1 aliphatic rings. The third kappa shape index (κ3) is 2.90. The minimum absolute atomic E-state index is 0.0231. The molecule has 4 rings (SSSR count). The highest BCUT2D eigenvalue weighted by atomic mass is 16.1. The second-order valence-corrected chi connectivity index (χ2v) is 6.20. The predicted octanol–water partition coefficient (Wildman–Crippen LogP) is 2.21. The molecule has 5 heteroatoms. The van der Waals surface area contributed by atoms with Gasteiger partial charge in [0.15, 0.2) is 5.82 Å². The van der Waals surface area contributed by atoms with E-state index in [1.165, 1.54) is 5.56 Å². The number of pyridine rings is 1. The molecule has 0 bridgehead atoms. The maximum atomic E-state index is 12.7. The number of aromatic amines is 1. The molecule has 0 radical (unpaired) electrons. The summed E-state index contributed by atoms with van der Waals surface area (Å²) in [6.45, 7) is 0.833. The molecular formula is C19H20N4O. The molecule has 1 aromatic carbocycles. The number of aromatic nitrogens is 3. The van der Waals surface area contributed by atoms with Gasteiger partial charge in [-0.25, -0.2) is 9.67 Å². The summed E-state index contributed by atoms with van der Waals surface area (Å²) >= 11 is 0. The van der Waals surface area contributed by atoms with Gasteiger partial charge in [-0.1, -0.05) is 36.4 Å². The van der Waals surface area contributed by atoms with Crippen LogP contribution >= 0.6 is 0 Å². The first kappa shape index (κ1) is 14.9. The van der Waals surface area contributed by atoms with E-state index >= 15 is 0 Å². The number of H-pyrrole nitrogens is 1. The lowest BCUT2D eigenvalue weighted by Gasteiger charge is -2.22. The van der Waals surface area contributed by atoms with Crippen molar-refractivity contribution in [1.29, 1.82) is 0 Å². The maximum absolute atomic E-state index is 12.7. The summed E-state index contributed by atoms with van der Waals surface area (Å²) < 4.78 is 1.56. The molecule has 0 aliphatic heterocycles. The molecule has 0 saturated carbocycles. The molecule has 24 heavy (non-hydrogen) atoms. The fourth-order valence-electron chi connectivity index (χ4n) is 3.28. The largest absolute Gasteiger partial charge is 0.310 e. The Hall–Kier alpha value is -2.66. The van der Waals surface area contributed by atoms with E-state index in [2.05, 4.69) is 27.5 Å². The van der Waals surface area contributed by atoms with Gasteiger partial charge in [0.05, 0.1) is 0 Å². The van der Waals surface area contributed by atoms with Gasteiger partial charge in [0.25, 0.3) is 5.56 Å². The van der Waals surface area contributed by atoms with Crippen molar-refractivity contribution in [3.63, 3.8) is 0 Å². The summed E-state index contributed by atoms with van der Waals surface area (Å²) in [6.07, 6.45) is 4.38. The molecule has 1 unspecified atom stereocenters. The molecule has 3 aromatic rings. The van der Waals surface area contributed by atoms with Gasteiger partial charge in [0, 0.05) is 30.0 Å². The molecule has 2 heterocycles. The Balaban J connectivity index is 1.51. The van der Waals surface area contributed by atoms with Crippen molar-refractivity contribution in [2.75, 3.05) is 0 Å². The summed E-state index contributed by atoms with van der Waals surface area (Å²) in [5.41, 5.74) is 3.22. The zero-order valence-corrected chi connectivity index (χ0v) is 13.4. The number of rotatable bonds is 4. The summed E-state index contributed by atoms with van der Waals surface area (Å²) in [5, 5.41) is 6.80. The van der Waals surface area contributed by atoms with Gasteiger partial charge in [0.1, 0.15) is 0 Å². The summed E-state index contributed by atoms with van der Waals surface area (Å²) in [4.78, 5) is 17.0. The second kappa shape index (κ2) is 6.45. The summed E-state index contributed by atoms with van der Waals surface area (Å²) in [7, 11) is 0. The van der Waals surface area contributed by atoms with Gasteiger partial charge < -0.3 is 5.32 Å². The molecule has 2 N–H and O–H groups in total. The third-order valence-corrected chi connectivity index (χ3v) is 4.58. The monoisotopic (exact) mass is 320 g/mol. The van der Waals surface area contributed by atoms with Crippen LogP contribution < -0.4 is 10.9 Å². The Kier molecular flexibility index (Phi) is 4.01. The van der Waals surface area contributed by atoms with Crippen LogP contribution in [0.15, 0.2) is 59.5 Å². The Morgan fingerprint density at radius 2 is 2.00 bits per heavy atom. The molecule has 2 aromatic heterocycles. The van der Waals surface area contributed by atoms with E-state index in [-0.39, 0.29) is 5.56 Å². The van der Waals surface area contributed by atoms with Crippen molar-refractivity contribution in [3.8, 4) is 5.82 Å². The lowest BCUT2D eigenvalue weighted by atomic mass is 9.93. The lowest BCUT2D eigenvalue weighted by Crippen LogP contribution is -2.35. The highest BCUT2D eigenvalue weighted by Gasteiger charge is 2.24. The van der Waals surface area contributed by atoms with Gasteiger partial charge in [-0.3, -0.25) is 9.89 Å². The van der Waals surface area contributed by atoms with Crippen LogP contribution in [0.25, 0.3) is 5.82 Å². The number of hydrogen-bond donors (Lipinski definition) is 2. The lowest BCUT2D eigenvalue weighted by molar-refractivity contribution is 0.454. The molecule has 1 atom stereocenters. The van der Waals surface area contributed by atoms with Crippen LogP contribution in [0.5, 0.6) is 0 Å². The molecule has 122 valence electrons. The molecule has 5 nitrogen and oxygen atoms in total. The normalized spacial score (nSPS) is 16.8. The molecule has 0 amide bonds. The minimum atomic E-state index is 0.0231. The number of hydrogen-bond acceptors (Lipinski definition) is 3. The first-order chi connectivity index (χ1) is 11.8. The summed E-state index contributed by atoms with van der Waals surface area (Å²) in [5.74, 6) is 0.644. The van der Waals surface area contributed by atoms with Crippen molar-refractivity contribution < 1.29 is 0 Å². The van der Waals surface area contributed by atoms with E-state index in [1.807, 2.05) is 36.4 Å². The van der Waals surface area contributed by atoms with Crippen molar-refractivity contribution in [2.24, 2.45) is 0 Å². The van der Waals surface area contributed by atoms with Crippen molar-refractivity contribution in [1.82, 2.24) is 20.1 Å². The van der Waals surface area contributed by atoms with Crippen LogP contribution in [0.1, 0.15) is 23.2 Å². The summed E-state index contributed by atoms with van der Waals surface area (Å²) in [6, 6.07) is 16.3. The highest BCUT2D eigenvalue weighted by molar-refractivity contribution is 5.29. The van der Waals surface area contributed by atoms with E-state index in [1.54, 1.807) is 10.9 Å². The molecule has 1 aliphatic carbocycles. The molecular weight excluding hydrogens is 300 g/mol. The van der Waals surface area contributed by atoms with E-state index in [0.717, 1.165) is 37.1 Å². The zero-order chi connectivity index (χ0) is 16.4. The Morgan fingerprint density at radius 3 is 2.79 bits per heavy atom. The van der Waals surface area contributed by atoms with Crippen LogP contribution in [-0.2, 0) is 19.4 Å². The van der Waals surface area contributed by atoms with Gasteiger partial charge in [-0.05, 0) is 37.0 Å². The van der Waals surface area contributed by atoms with Crippen molar-refractivity contribution in [2.45, 2.75) is 31.8 Å². The predicted molar refractivity (Wildman–Crippen MR) is 93.3 cm³/mol. The molecule has 0 spiro atoms. The number of aryl methyl sites for hydroxylation is 1. The number of benzene rings is 1. The van der Waals surface area contributed by atoms with Gasteiger partial charge >= 0.3 is 0 Å². The molecule has 0 saturated heterocycles. The van der Waals surface area contributed by atoms with Crippen molar-refractivity contribution >= 4 is 0 Å². The third-order valence-electron chi connectivity index (χ3n) is 4.58. The van der Waals surface area contributed by atoms with E-state index in [4.69, 9.17) is 0 Å². The fraction of sp³-hybridized carbons (Fsp3) is 0.263. The topological polar surface area (TPSA) is 62.7 Å². The Bertz CT molecular complexity index is 867. The SMILES string of the molecule is O=c1c2c([nH]n1-c1ccccn1)CCC(NCc1ccccc1)C2. The first-order valence-electron chi connectivity index (χ1n) is 8.33. The van der Waals surface area contributed by atoms with Crippen LogP contribution in [0.4, 0.5) is 0 Å². The second-order valence-electron chi connectivity index (χ2n) is 6.20. The van der Waals surface area contributed by atoms with Crippen LogP contribution in [0, 0.1) is 0 Å². The zero-order valence-electron chi connectivity index (χ0n) is 13.4. The van der Waals surface area contributed by atoms with Gasteiger partial charge in [0.2, 0.25) is 0 Å². The van der Waals surface area contributed by atoms with Crippen LogP contribution in [0.3, 0.4) is 0 Å². The molecule has 0 fully saturated rings. The van der Waals surface area contributed by atoms with Crippen LogP contribution in [0.2, 0.25) is 0 Å². The van der Waals surface area contributed by atoms with E-state index in [9.17, 15) is 4.79 Å². The first-order valence-corrected chi connectivity index (χ1v) is 8.33. The average Bonchev–Trinajstić information content (AvgIpc) is 2.98. The van der Waals surface area contributed by atoms with Gasteiger partial charge in [-0.2, -0.15) is 0 Å². The number of fused-ring (bicyclic) bond motifs is 1. The maximum Gasteiger partial charge on any atom is 0.276 e. The Labute approximate surface area is 140 Å². The number of nitrogens with one attached hydrogen (secondary N) is 2. The average molecular weight is 320 g/mol. The fourth-order valence-corrected chi connectivity index (χ4v) is 3.28. The van der Waals surface area contributed by atoms with E-state index < -0.39 is 0 Å². The van der Waals surface area contributed by atoms with Crippen molar-refractivity contribution in [3.05, 3.63) is 81.9 Å². The smallest absolute Gasteiger partial charge is 0.276 e. The van der Waals surface area contributed by atoms with E-state index in [0.29, 0.717) is 11.9 Å². The quantitative estimate of drug-likeness (QED) is 0.775. The van der Waals surface area contributed by atoms with Crippen LogP contribution in [-0.4, -0.2) is 20.8 Å². The van der Waals surface area contributed by atoms with Gasteiger partial charge in [-0.15, -0.1) is 0 Å². The Morgan fingerprint density at radius 1 is 1.17 bits per heavy atom. The highest BCUT2D eigenvalue weighted by Crippen LogP contribution is 2.18. The number of nitrogens with zero attached hydrogens (tertiary/aromatic N) is 2.